The van der Waals surface area contributed by atoms with E-state index in [1.165, 1.54) is 0 Å². The molecule has 0 atom stereocenters. The lowest BCUT2D eigenvalue weighted by Crippen LogP contribution is -2.18. The third kappa shape index (κ3) is 6.56. The average Bonchev–Trinajstić information content (AvgIpc) is 2.41. The molecule has 0 radical (unpaired) electrons. The smallest absolute Gasteiger partial charge is 0.355 e. The Morgan fingerprint density at radius 1 is 1.15 bits per heavy atom. The average molecular weight is 288 g/mol. The quantitative estimate of drug-likeness (QED) is 0.758. The Balaban J connectivity index is 2.21. The van der Waals surface area contributed by atoms with Gasteiger partial charge in [-0.2, -0.15) is 13.2 Å². The van der Waals surface area contributed by atoms with Crippen molar-refractivity contribution < 1.29 is 18.0 Å². The molecule has 0 heterocycles. The van der Waals surface area contributed by atoms with Gasteiger partial charge >= 0.3 is 6.18 Å². The summed E-state index contributed by atoms with van der Waals surface area (Å²) in [5.41, 5.74) is 1.58. The molecule has 1 aromatic rings. The number of alkyl halides is 3. The first-order valence-electron chi connectivity index (χ1n) is 6.51. The molecule has 1 rings (SSSR count). The minimum absolute atomic E-state index is 0.142. The van der Waals surface area contributed by atoms with Crippen LogP contribution in [0.15, 0.2) is 24.3 Å². The van der Waals surface area contributed by atoms with Gasteiger partial charge in [-0.1, -0.05) is 12.1 Å². The van der Waals surface area contributed by atoms with E-state index in [0.29, 0.717) is 25.1 Å². The molecule has 0 saturated heterocycles. The van der Waals surface area contributed by atoms with Crippen LogP contribution in [-0.2, 0) is 6.54 Å². The van der Waals surface area contributed by atoms with Gasteiger partial charge in [-0.15, -0.1) is 0 Å². The summed E-state index contributed by atoms with van der Waals surface area (Å²) < 4.78 is 35.7. The number of nitrogens with one attached hydrogen (secondary N) is 2. The number of amides is 1. The van der Waals surface area contributed by atoms with Crippen LogP contribution in [0.25, 0.3) is 0 Å². The fourth-order valence-electron chi connectivity index (χ4n) is 1.73. The van der Waals surface area contributed by atoms with Crippen LogP contribution in [0.4, 0.5) is 13.2 Å². The molecule has 0 saturated carbocycles. The lowest BCUT2D eigenvalue weighted by molar-refractivity contribution is -0.135. The van der Waals surface area contributed by atoms with Gasteiger partial charge in [0.1, 0.15) is 0 Å². The standard InChI is InChI=1S/C14H19F3N2O/c1-18-13(20)12-6-4-11(5-7-12)10-19-9-3-2-8-14(15,16)17/h4-7,19H,2-3,8-10H2,1H3,(H,18,20). The predicted molar refractivity (Wildman–Crippen MR) is 71.4 cm³/mol. The number of halogens is 3. The summed E-state index contributed by atoms with van der Waals surface area (Å²) in [5.74, 6) is -0.142. The first kappa shape index (κ1) is 16.5. The van der Waals surface area contributed by atoms with Crippen molar-refractivity contribution in [1.29, 1.82) is 0 Å². The van der Waals surface area contributed by atoms with Crippen molar-refractivity contribution in [3.63, 3.8) is 0 Å². The van der Waals surface area contributed by atoms with Gasteiger partial charge in [-0.05, 0) is 37.1 Å². The molecule has 0 aliphatic rings. The van der Waals surface area contributed by atoms with E-state index < -0.39 is 12.6 Å². The highest BCUT2D eigenvalue weighted by molar-refractivity contribution is 5.93. The van der Waals surface area contributed by atoms with Crippen LogP contribution in [0.1, 0.15) is 35.2 Å². The summed E-state index contributed by atoms with van der Waals surface area (Å²) in [4.78, 5) is 11.3. The second-order valence-electron chi connectivity index (χ2n) is 4.53. The topological polar surface area (TPSA) is 41.1 Å². The zero-order chi connectivity index (χ0) is 15.0. The van der Waals surface area contributed by atoms with Crippen molar-refractivity contribution in [3.8, 4) is 0 Å². The Kier molecular flexibility index (Phi) is 6.51. The molecule has 112 valence electrons. The molecule has 0 bridgehead atoms. The van der Waals surface area contributed by atoms with Crippen LogP contribution < -0.4 is 10.6 Å². The fraction of sp³-hybridized carbons (Fsp3) is 0.500. The number of benzene rings is 1. The van der Waals surface area contributed by atoms with Crippen molar-refractivity contribution in [3.05, 3.63) is 35.4 Å². The van der Waals surface area contributed by atoms with E-state index in [4.69, 9.17) is 0 Å². The lowest BCUT2D eigenvalue weighted by Gasteiger charge is -2.07. The Morgan fingerprint density at radius 3 is 2.35 bits per heavy atom. The zero-order valence-electron chi connectivity index (χ0n) is 11.4. The van der Waals surface area contributed by atoms with E-state index in [1.54, 1.807) is 19.2 Å². The number of carbonyl (C=O) groups is 1. The maximum atomic E-state index is 11.9. The third-order valence-electron chi connectivity index (χ3n) is 2.84. The minimum Gasteiger partial charge on any atom is -0.355 e. The number of hydrogen-bond acceptors (Lipinski definition) is 2. The summed E-state index contributed by atoms with van der Waals surface area (Å²) in [5, 5.41) is 5.62. The molecule has 3 nitrogen and oxygen atoms in total. The highest BCUT2D eigenvalue weighted by Crippen LogP contribution is 2.21. The molecule has 0 aliphatic carbocycles. The van der Waals surface area contributed by atoms with Crippen molar-refractivity contribution in [2.45, 2.75) is 32.0 Å². The van der Waals surface area contributed by atoms with E-state index in [-0.39, 0.29) is 12.3 Å². The van der Waals surface area contributed by atoms with Gasteiger partial charge in [0.2, 0.25) is 0 Å². The highest BCUT2D eigenvalue weighted by Gasteiger charge is 2.25. The third-order valence-corrected chi connectivity index (χ3v) is 2.84. The van der Waals surface area contributed by atoms with Crippen molar-refractivity contribution in [1.82, 2.24) is 10.6 Å². The van der Waals surface area contributed by atoms with E-state index in [9.17, 15) is 18.0 Å². The van der Waals surface area contributed by atoms with Gasteiger partial charge in [-0.3, -0.25) is 4.79 Å². The van der Waals surface area contributed by atoms with Crippen LogP contribution in [0.2, 0.25) is 0 Å². The van der Waals surface area contributed by atoms with Crippen molar-refractivity contribution in [2.24, 2.45) is 0 Å². The monoisotopic (exact) mass is 288 g/mol. The van der Waals surface area contributed by atoms with Gasteiger partial charge in [-0.25, -0.2) is 0 Å². The Hall–Kier alpha value is -1.56. The molecule has 1 aromatic carbocycles. The highest BCUT2D eigenvalue weighted by atomic mass is 19.4. The predicted octanol–water partition coefficient (Wildman–Crippen LogP) is 2.87. The van der Waals surface area contributed by atoms with E-state index in [0.717, 1.165) is 5.56 Å². The van der Waals surface area contributed by atoms with Crippen LogP contribution in [0.3, 0.4) is 0 Å². The molecular formula is C14H19F3N2O. The van der Waals surface area contributed by atoms with Crippen molar-refractivity contribution in [2.75, 3.05) is 13.6 Å². The van der Waals surface area contributed by atoms with Gasteiger partial charge in [0.15, 0.2) is 0 Å². The van der Waals surface area contributed by atoms with Gasteiger partial charge in [0.25, 0.3) is 5.91 Å². The van der Waals surface area contributed by atoms with Crippen LogP contribution in [-0.4, -0.2) is 25.7 Å². The second-order valence-corrected chi connectivity index (χ2v) is 4.53. The molecule has 0 aliphatic heterocycles. The molecule has 0 aromatic heterocycles. The first-order chi connectivity index (χ1) is 9.42. The Bertz CT molecular complexity index is 415. The molecule has 0 spiro atoms. The summed E-state index contributed by atoms with van der Waals surface area (Å²) in [6, 6.07) is 7.10. The SMILES string of the molecule is CNC(=O)c1ccc(CNCCCCC(F)(F)F)cc1. The summed E-state index contributed by atoms with van der Waals surface area (Å²) in [6.07, 6.45) is -4.15. The minimum atomic E-state index is -4.06. The lowest BCUT2D eigenvalue weighted by atomic mass is 10.1. The maximum absolute atomic E-state index is 11.9. The molecule has 20 heavy (non-hydrogen) atoms. The molecule has 1 amide bonds. The largest absolute Gasteiger partial charge is 0.389 e. The zero-order valence-corrected chi connectivity index (χ0v) is 11.4. The molecule has 0 fully saturated rings. The fourth-order valence-corrected chi connectivity index (χ4v) is 1.73. The molecule has 2 N–H and O–H groups in total. The van der Waals surface area contributed by atoms with Crippen LogP contribution in [0.5, 0.6) is 0 Å². The van der Waals surface area contributed by atoms with Crippen LogP contribution in [0, 0.1) is 0 Å². The normalized spacial score (nSPS) is 11.4. The van der Waals surface area contributed by atoms with Gasteiger partial charge < -0.3 is 10.6 Å². The summed E-state index contributed by atoms with van der Waals surface area (Å²) in [6.45, 7) is 1.13. The number of unbranched alkanes of at least 4 members (excludes halogenated alkanes) is 1. The first-order valence-corrected chi connectivity index (χ1v) is 6.51. The van der Waals surface area contributed by atoms with Gasteiger partial charge in [0, 0.05) is 25.6 Å². The number of hydrogen-bond donors (Lipinski definition) is 2. The molecule has 6 heteroatoms. The van der Waals surface area contributed by atoms with E-state index in [2.05, 4.69) is 10.6 Å². The Labute approximate surface area is 116 Å². The molecule has 0 unspecified atom stereocenters. The number of carbonyl (C=O) groups excluding carboxylic acids is 1. The maximum Gasteiger partial charge on any atom is 0.389 e. The Morgan fingerprint density at radius 2 is 1.80 bits per heavy atom. The van der Waals surface area contributed by atoms with E-state index in [1.807, 2.05) is 12.1 Å². The number of rotatable bonds is 7. The summed E-state index contributed by atoms with van der Waals surface area (Å²) in [7, 11) is 1.57. The van der Waals surface area contributed by atoms with Crippen LogP contribution >= 0.6 is 0 Å². The summed E-state index contributed by atoms with van der Waals surface area (Å²) >= 11 is 0. The molecular weight excluding hydrogens is 269 g/mol. The van der Waals surface area contributed by atoms with Gasteiger partial charge in [0.05, 0.1) is 0 Å². The van der Waals surface area contributed by atoms with E-state index >= 15 is 0 Å². The van der Waals surface area contributed by atoms with Crippen molar-refractivity contribution >= 4 is 5.91 Å². The second kappa shape index (κ2) is 7.89.